The standard InChI is InChI=1S/C13H25N3O/c1-10-11(8-16(6)14-10)7-15(5)12(9-17)13(2,3)4/h8,12,17H,7,9H2,1-6H3. The zero-order valence-electron chi connectivity index (χ0n) is 11.9. The van der Waals surface area contributed by atoms with Crippen molar-refractivity contribution in [3.63, 3.8) is 0 Å². The third kappa shape index (κ3) is 3.54. The van der Waals surface area contributed by atoms with Crippen molar-refractivity contribution in [3.8, 4) is 0 Å². The Morgan fingerprint density at radius 1 is 1.47 bits per heavy atom. The lowest BCUT2D eigenvalue weighted by Gasteiger charge is -2.36. The van der Waals surface area contributed by atoms with Crippen molar-refractivity contribution >= 4 is 0 Å². The highest BCUT2D eigenvalue weighted by Gasteiger charge is 2.28. The molecule has 1 aromatic rings. The largest absolute Gasteiger partial charge is 0.395 e. The quantitative estimate of drug-likeness (QED) is 0.867. The van der Waals surface area contributed by atoms with Crippen molar-refractivity contribution in [2.45, 2.75) is 40.3 Å². The normalized spacial score (nSPS) is 14.4. The zero-order valence-corrected chi connectivity index (χ0v) is 11.9. The van der Waals surface area contributed by atoms with Crippen LogP contribution in [0.15, 0.2) is 6.20 Å². The molecule has 0 aliphatic carbocycles. The first-order valence-electron chi connectivity index (χ1n) is 6.06. The number of aromatic nitrogens is 2. The molecule has 0 aliphatic heterocycles. The van der Waals surface area contributed by atoms with Gasteiger partial charge in [0, 0.05) is 31.4 Å². The average Bonchev–Trinajstić information content (AvgIpc) is 2.43. The lowest BCUT2D eigenvalue weighted by atomic mass is 9.86. The molecule has 1 heterocycles. The lowest BCUT2D eigenvalue weighted by molar-refractivity contribution is 0.0613. The number of hydrogen-bond donors (Lipinski definition) is 1. The van der Waals surface area contributed by atoms with Gasteiger partial charge in [-0.25, -0.2) is 0 Å². The third-order valence-electron chi connectivity index (χ3n) is 3.24. The van der Waals surface area contributed by atoms with E-state index in [1.165, 1.54) is 5.56 Å². The van der Waals surface area contributed by atoms with Gasteiger partial charge in [-0.1, -0.05) is 20.8 Å². The maximum Gasteiger partial charge on any atom is 0.0638 e. The Kier molecular flexibility index (Phi) is 4.33. The second-order valence-corrected chi connectivity index (χ2v) is 5.89. The van der Waals surface area contributed by atoms with Crippen LogP contribution in [0.25, 0.3) is 0 Å². The van der Waals surface area contributed by atoms with Crippen LogP contribution in [0.3, 0.4) is 0 Å². The van der Waals surface area contributed by atoms with Crippen LogP contribution in [0.1, 0.15) is 32.0 Å². The zero-order chi connectivity index (χ0) is 13.2. The number of aliphatic hydroxyl groups is 1. The molecule has 0 fully saturated rings. The van der Waals surface area contributed by atoms with E-state index < -0.39 is 0 Å². The molecule has 0 saturated carbocycles. The van der Waals surface area contributed by atoms with Crippen molar-refractivity contribution < 1.29 is 5.11 Å². The second-order valence-electron chi connectivity index (χ2n) is 5.89. The summed E-state index contributed by atoms with van der Waals surface area (Å²) in [4.78, 5) is 2.20. The Labute approximate surface area is 104 Å². The highest BCUT2D eigenvalue weighted by atomic mass is 16.3. The summed E-state index contributed by atoms with van der Waals surface area (Å²) in [6, 6.07) is 0.155. The first kappa shape index (κ1) is 14.2. The summed E-state index contributed by atoms with van der Waals surface area (Å²) < 4.78 is 1.84. The molecule has 0 bridgehead atoms. The molecule has 0 amide bonds. The smallest absolute Gasteiger partial charge is 0.0638 e. The van der Waals surface area contributed by atoms with Crippen LogP contribution in [0, 0.1) is 12.3 Å². The minimum Gasteiger partial charge on any atom is -0.395 e. The Morgan fingerprint density at radius 3 is 2.41 bits per heavy atom. The van der Waals surface area contributed by atoms with Crippen LogP contribution < -0.4 is 0 Å². The molecule has 98 valence electrons. The third-order valence-corrected chi connectivity index (χ3v) is 3.24. The van der Waals surface area contributed by atoms with Gasteiger partial charge in [0.2, 0.25) is 0 Å². The summed E-state index contributed by atoms with van der Waals surface area (Å²) in [5.41, 5.74) is 2.35. The van der Waals surface area contributed by atoms with E-state index in [1.54, 1.807) is 0 Å². The minimum absolute atomic E-state index is 0.0691. The van der Waals surface area contributed by atoms with Crippen LogP contribution in [0.5, 0.6) is 0 Å². The van der Waals surface area contributed by atoms with Crippen LogP contribution >= 0.6 is 0 Å². The molecule has 0 aliphatic rings. The van der Waals surface area contributed by atoms with Crippen molar-refractivity contribution in [1.82, 2.24) is 14.7 Å². The molecule has 0 spiro atoms. The van der Waals surface area contributed by atoms with Gasteiger partial charge < -0.3 is 5.11 Å². The van der Waals surface area contributed by atoms with Gasteiger partial charge in [-0.2, -0.15) is 5.10 Å². The molecule has 0 saturated heterocycles. The Morgan fingerprint density at radius 2 is 2.06 bits per heavy atom. The van der Waals surface area contributed by atoms with Gasteiger partial charge in [-0.15, -0.1) is 0 Å². The van der Waals surface area contributed by atoms with Gasteiger partial charge in [0.25, 0.3) is 0 Å². The second kappa shape index (κ2) is 5.19. The molecule has 1 rings (SSSR count). The summed E-state index contributed by atoms with van der Waals surface area (Å²) in [5, 5.41) is 13.9. The predicted molar refractivity (Wildman–Crippen MR) is 69.7 cm³/mol. The Balaban J connectivity index is 2.77. The minimum atomic E-state index is 0.0691. The monoisotopic (exact) mass is 239 g/mol. The van der Waals surface area contributed by atoms with E-state index in [4.69, 9.17) is 0 Å². The van der Waals surface area contributed by atoms with Gasteiger partial charge in [-0.05, 0) is 19.4 Å². The summed E-state index contributed by atoms with van der Waals surface area (Å²) in [6.45, 7) is 9.48. The first-order chi connectivity index (χ1) is 7.75. The fourth-order valence-electron chi connectivity index (χ4n) is 2.26. The van der Waals surface area contributed by atoms with E-state index in [-0.39, 0.29) is 18.1 Å². The van der Waals surface area contributed by atoms with Crippen LogP contribution in [-0.2, 0) is 13.6 Å². The molecule has 4 heteroatoms. The molecule has 17 heavy (non-hydrogen) atoms. The summed E-state index contributed by atoms with van der Waals surface area (Å²) in [6.07, 6.45) is 2.04. The molecule has 1 atom stereocenters. The van der Waals surface area contributed by atoms with E-state index in [0.717, 1.165) is 12.2 Å². The Hall–Kier alpha value is -0.870. The summed E-state index contributed by atoms with van der Waals surface area (Å²) in [5.74, 6) is 0. The van der Waals surface area contributed by atoms with Gasteiger partial charge in [0.05, 0.1) is 12.3 Å². The van der Waals surface area contributed by atoms with E-state index in [0.29, 0.717) is 0 Å². The lowest BCUT2D eigenvalue weighted by Crippen LogP contribution is -2.44. The van der Waals surface area contributed by atoms with E-state index in [2.05, 4.69) is 37.8 Å². The summed E-state index contributed by atoms with van der Waals surface area (Å²) in [7, 11) is 3.99. The van der Waals surface area contributed by atoms with Crippen molar-refractivity contribution in [2.75, 3.05) is 13.7 Å². The van der Waals surface area contributed by atoms with Crippen LogP contribution in [0.4, 0.5) is 0 Å². The number of aryl methyl sites for hydroxylation is 2. The van der Waals surface area contributed by atoms with Gasteiger partial charge >= 0.3 is 0 Å². The molecule has 0 radical (unpaired) electrons. The molecular formula is C13H25N3O. The van der Waals surface area contributed by atoms with E-state index in [1.807, 2.05) is 24.9 Å². The maximum atomic E-state index is 9.52. The fourth-order valence-corrected chi connectivity index (χ4v) is 2.26. The van der Waals surface area contributed by atoms with Crippen molar-refractivity contribution in [1.29, 1.82) is 0 Å². The van der Waals surface area contributed by atoms with E-state index in [9.17, 15) is 5.11 Å². The highest BCUT2D eigenvalue weighted by Crippen LogP contribution is 2.24. The molecule has 1 unspecified atom stereocenters. The average molecular weight is 239 g/mol. The highest BCUT2D eigenvalue weighted by molar-refractivity contribution is 5.15. The van der Waals surface area contributed by atoms with Gasteiger partial charge in [0.15, 0.2) is 0 Å². The van der Waals surface area contributed by atoms with E-state index >= 15 is 0 Å². The number of rotatable bonds is 4. The summed E-state index contributed by atoms with van der Waals surface area (Å²) >= 11 is 0. The first-order valence-corrected chi connectivity index (χ1v) is 6.06. The van der Waals surface area contributed by atoms with Crippen molar-refractivity contribution in [2.24, 2.45) is 12.5 Å². The molecule has 4 nitrogen and oxygen atoms in total. The topological polar surface area (TPSA) is 41.3 Å². The molecule has 1 N–H and O–H groups in total. The molecule has 1 aromatic heterocycles. The van der Waals surface area contributed by atoms with Crippen LogP contribution in [-0.4, -0.2) is 39.5 Å². The number of likely N-dealkylation sites (N-methyl/N-ethyl adjacent to an activating group) is 1. The van der Waals surface area contributed by atoms with Crippen LogP contribution in [0.2, 0.25) is 0 Å². The van der Waals surface area contributed by atoms with Crippen molar-refractivity contribution in [3.05, 3.63) is 17.5 Å². The number of nitrogens with zero attached hydrogens (tertiary/aromatic N) is 3. The maximum absolute atomic E-state index is 9.52. The molecule has 0 aromatic carbocycles. The van der Waals surface area contributed by atoms with Gasteiger partial charge in [0.1, 0.15) is 0 Å². The predicted octanol–water partition coefficient (Wildman–Crippen LogP) is 1.57. The fraction of sp³-hybridized carbons (Fsp3) is 0.769. The molecular weight excluding hydrogens is 214 g/mol. The number of hydrogen-bond acceptors (Lipinski definition) is 3. The SMILES string of the molecule is Cc1nn(C)cc1CN(C)C(CO)C(C)(C)C. The Bertz CT molecular complexity index is 365. The number of aliphatic hydroxyl groups excluding tert-OH is 1. The van der Waals surface area contributed by atoms with Gasteiger partial charge in [-0.3, -0.25) is 9.58 Å².